The Morgan fingerprint density at radius 2 is 0.721 bits per heavy atom. The Hall–Kier alpha value is -11.7. The summed E-state index contributed by atoms with van der Waals surface area (Å²) in [7, 11) is 3.00. The number of hydrogen-bond donors (Lipinski definition) is 12. The molecule has 18 aromatic rings. The molecule has 1 atom stereocenters. The Morgan fingerprint density at radius 1 is 0.386 bits per heavy atom. The summed E-state index contributed by atoms with van der Waals surface area (Å²) in [5.74, 6) is 0.580. The Kier molecular flexibility index (Phi) is 47.1. The van der Waals surface area contributed by atoms with Crippen molar-refractivity contribution in [2.45, 2.75) is 59.0 Å². The van der Waals surface area contributed by atoms with E-state index in [1.54, 1.807) is 130 Å². The predicted molar refractivity (Wildman–Crippen MR) is 566 cm³/mol. The normalized spacial score (nSPS) is 14.0. The standard InChI is InChI=1S/C18H20N4OS.C14H12N2OS.C12H16N4O2S.C11H16N2.C7H6N2O2S.C6H4ClNOS.3C6H4N2OS.C6H13NO.3CH4O/c23-18-16-7-4-8-19-17(16)24-22(18)14-21-11-9-20(10-12-21)13-15-5-2-1-3-6-15;1-10(11-6-3-2-4-7-11)16-14(17)12-8-5-9-15-13(12)18-16;17-9-15-6-4-14(5-7-15)8-16-12(18)10-2-1-3-13-11(10)19-16;1-2-4-11(5-3-1)10-13-8-6-12-7-9-13;10-4-9-7(11)5-2-1-3-8-6(5)12-9;7-5(9)4-2-1-3-8-6(4)10;3*9-5-4-2-1-3-7-6(4)10-8-5;8-5-6-1-3-7-4-2-6;3*1-2/h1-8H,9-14H2;2-10H,1H3;1-3,17H,4-9H2;1-5,12H,6-10H2;1-3,10H,4H2;1-3H,(H,8,10);3*1-3H,(H,8,9);6-8H,1-5H2;3*2H,1H3/t;10-;;;;;;;;;;;/m.1.........../s1. The van der Waals surface area contributed by atoms with Gasteiger partial charge in [-0.25, -0.2) is 46.8 Å². The molecule has 0 saturated carbocycles. The lowest BCUT2D eigenvalue weighted by Gasteiger charge is -2.34. The van der Waals surface area contributed by atoms with Crippen molar-refractivity contribution in [1.82, 2.24) is 104 Å². The quantitative estimate of drug-likeness (QED) is 0.0355. The zero-order valence-electron chi connectivity index (χ0n) is 77.2. The Bertz CT molecular complexity index is 7030. The largest absolute Gasteiger partial charge is 0.400 e. The molecule has 19 heterocycles. The molecule has 3 aromatic carbocycles. The maximum absolute atomic E-state index is 12.4. The molecule has 740 valence electrons. The second-order valence-electron chi connectivity index (χ2n) is 30.5. The van der Waals surface area contributed by atoms with Crippen molar-refractivity contribution in [3.8, 4) is 0 Å². The minimum absolute atomic E-state index is 0.0395. The van der Waals surface area contributed by atoms with Gasteiger partial charge in [-0.2, -0.15) is 0 Å². The number of H-pyrrole nitrogens is 4. The van der Waals surface area contributed by atoms with Crippen LogP contribution in [-0.2, 0) is 33.2 Å². The van der Waals surface area contributed by atoms with E-state index >= 15 is 0 Å². The van der Waals surface area contributed by atoms with Gasteiger partial charge in [0.15, 0.2) is 0 Å². The van der Waals surface area contributed by atoms with Crippen LogP contribution in [0.2, 0.25) is 0 Å². The molecule has 12 N–H and O–H groups in total. The lowest BCUT2D eigenvalue weighted by atomic mass is 10.00. The molecule has 36 nitrogen and oxygen atoms in total. The number of halogens is 1. The molecule has 0 amide bonds. The summed E-state index contributed by atoms with van der Waals surface area (Å²) in [4.78, 5) is 140. The van der Waals surface area contributed by atoms with Crippen LogP contribution < -0.4 is 49.5 Å². The van der Waals surface area contributed by atoms with E-state index in [2.05, 4.69) is 144 Å². The van der Waals surface area contributed by atoms with Gasteiger partial charge in [0.1, 0.15) is 45.2 Å². The fraction of sp³-hybridized carbons (Fsp3) is 0.305. The molecule has 0 radical (unpaired) electrons. The fourth-order valence-corrected chi connectivity index (χ4v) is 20.4. The first-order chi connectivity index (χ1) is 68.4. The number of hydrogen-bond acceptors (Lipinski definition) is 36. The molecule has 22 rings (SSSR count). The number of fused-ring (bicyclic) bond motifs is 7. The molecule has 45 heteroatoms. The molecule has 4 saturated heterocycles. The average Bonchev–Trinajstić information content (AvgIpc) is 1.65. The highest BCUT2D eigenvalue weighted by molar-refractivity contribution is 7.71. The number of aromatic amines is 4. The molecule has 0 aliphatic carbocycles. The molecule has 4 aliphatic rings. The number of aliphatic hydroxyl groups is 6. The molecular weight excluding hydrogens is 1970 g/mol. The molecule has 15 aromatic heterocycles. The first-order valence-electron chi connectivity index (χ1n) is 44.2. The van der Waals surface area contributed by atoms with Crippen molar-refractivity contribution in [3.05, 3.63) is 337 Å². The predicted octanol–water partition coefficient (Wildman–Crippen LogP) is 10.7. The number of carbonyl (C=O) groups excluding carboxylic acids is 1. The van der Waals surface area contributed by atoms with Gasteiger partial charge in [0.25, 0.3) is 44.2 Å². The number of nitrogens with one attached hydrogen (secondary N) is 6. The first kappa shape index (κ1) is 110. The van der Waals surface area contributed by atoms with Gasteiger partial charge in [-0.15, -0.1) is 0 Å². The number of benzene rings is 3. The van der Waals surface area contributed by atoms with E-state index in [4.69, 9.17) is 54.5 Å². The van der Waals surface area contributed by atoms with Crippen LogP contribution in [0.3, 0.4) is 0 Å². The Labute approximate surface area is 842 Å². The summed E-state index contributed by atoms with van der Waals surface area (Å²) in [6, 6.07) is 59.5. The van der Waals surface area contributed by atoms with Crippen molar-refractivity contribution in [2.75, 3.05) is 126 Å². The van der Waals surface area contributed by atoms with Crippen LogP contribution in [0.5, 0.6) is 0 Å². The fourth-order valence-electron chi connectivity index (χ4n) is 14.1. The number of aliphatic hydroxyl groups excluding tert-OH is 6. The highest BCUT2D eigenvalue weighted by atomic mass is 35.5. The maximum Gasteiger partial charge on any atom is 0.272 e. The number of aromatic nitrogens is 15. The van der Waals surface area contributed by atoms with Gasteiger partial charge in [0.2, 0.25) is 0 Å². The van der Waals surface area contributed by atoms with Gasteiger partial charge >= 0.3 is 0 Å². The zero-order chi connectivity index (χ0) is 99.9. The minimum Gasteiger partial charge on any atom is -0.400 e. The smallest absolute Gasteiger partial charge is 0.272 e. The van der Waals surface area contributed by atoms with Crippen LogP contribution in [-0.4, -0.2) is 255 Å². The number of piperidine rings is 1. The van der Waals surface area contributed by atoms with Gasteiger partial charge < -0.3 is 46.3 Å². The topological polar surface area (TPSA) is 471 Å². The van der Waals surface area contributed by atoms with Crippen LogP contribution in [0, 0.1) is 10.6 Å². The molecule has 0 unspecified atom stereocenters. The summed E-state index contributed by atoms with van der Waals surface area (Å²) in [5.41, 5.74) is 4.10. The second kappa shape index (κ2) is 59.8. The van der Waals surface area contributed by atoms with Gasteiger partial charge in [-0.05, 0) is 245 Å². The van der Waals surface area contributed by atoms with E-state index in [-0.39, 0.29) is 58.4 Å². The highest BCUT2D eigenvalue weighted by Crippen LogP contribution is 2.24. The monoisotopic (exact) mass is 2070 g/mol. The van der Waals surface area contributed by atoms with E-state index in [9.17, 15) is 38.4 Å². The molecule has 0 bridgehead atoms. The summed E-state index contributed by atoms with van der Waals surface area (Å²) in [6.45, 7) is 19.9. The molecular formula is C95H111ClN22O14S8. The summed E-state index contributed by atoms with van der Waals surface area (Å²) >= 11 is 19.2. The van der Waals surface area contributed by atoms with Crippen LogP contribution in [0.15, 0.2) is 271 Å². The SMILES string of the molecule is CO.CO.CO.C[C@H](c1ccccc1)n1sc2ncccc2c1=O.O=C(Cl)c1ccc[nH]c1=S.O=c1[nH]sc2ncccc12.O=c1[nH]sc2ncccc12.O=c1[nH]sc2ncccc12.O=c1c2cccnc2sn1CN1CCN(CO)CC1.O=c1c2cccnc2sn1CN1CCN(Cc2ccccc2)CC1.O=c1c2cccnc2sn1CO.OCC1CCNCC1.c1ccc(CN2CCNCC2)cc1. The Balaban J connectivity index is 0.000000162. The van der Waals surface area contributed by atoms with Crippen molar-refractivity contribution < 1.29 is 35.4 Å². The lowest BCUT2D eigenvalue weighted by Crippen LogP contribution is -2.47. The van der Waals surface area contributed by atoms with E-state index in [0.717, 1.165) is 166 Å². The van der Waals surface area contributed by atoms with E-state index < -0.39 is 5.24 Å². The number of carbonyl (C=O) groups is 1. The third kappa shape index (κ3) is 33.0. The van der Waals surface area contributed by atoms with Crippen LogP contribution in [0.25, 0.3) is 71.5 Å². The van der Waals surface area contributed by atoms with Crippen LogP contribution >= 0.6 is 105 Å². The van der Waals surface area contributed by atoms with Crippen molar-refractivity contribution in [3.63, 3.8) is 0 Å². The maximum atomic E-state index is 12.4. The van der Waals surface area contributed by atoms with E-state index in [0.29, 0.717) is 73.2 Å². The van der Waals surface area contributed by atoms with Crippen LogP contribution in [0.1, 0.15) is 52.9 Å². The zero-order valence-corrected chi connectivity index (χ0v) is 84.5. The third-order valence-electron chi connectivity index (χ3n) is 21.4. The molecule has 140 heavy (non-hydrogen) atoms. The van der Waals surface area contributed by atoms with Crippen molar-refractivity contribution in [2.24, 2.45) is 5.92 Å². The van der Waals surface area contributed by atoms with Gasteiger partial charge in [0, 0.05) is 169 Å². The number of pyridine rings is 8. The van der Waals surface area contributed by atoms with Gasteiger partial charge in [0.05, 0.1) is 69.4 Å². The number of nitrogens with zero attached hydrogens (tertiary/aromatic N) is 16. The van der Waals surface area contributed by atoms with Gasteiger partial charge in [-0.3, -0.25) is 79.9 Å². The summed E-state index contributed by atoms with van der Waals surface area (Å²) in [6.07, 6.45) is 15.8. The third-order valence-corrected chi connectivity index (χ3v) is 28.6. The van der Waals surface area contributed by atoms with Gasteiger partial charge in [-0.1, -0.05) is 103 Å². The molecule has 0 spiro atoms. The lowest BCUT2D eigenvalue weighted by molar-refractivity contribution is 0.0445. The molecule has 4 fully saturated rings. The summed E-state index contributed by atoms with van der Waals surface area (Å²) < 4.78 is 14.8. The van der Waals surface area contributed by atoms with E-state index in [1.807, 2.05) is 70.4 Å². The first-order valence-corrected chi connectivity index (χ1v) is 50.5. The second-order valence-corrected chi connectivity index (χ2v) is 37.6. The Morgan fingerprint density at radius 3 is 1.06 bits per heavy atom. The van der Waals surface area contributed by atoms with E-state index in [1.165, 1.54) is 109 Å². The minimum atomic E-state index is -0.526. The number of piperazine rings is 3. The summed E-state index contributed by atoms with van der Waals surface area (Å²) in [5, 5.41) is 58.3. The highest BCUT2D eigenvalue weighted by Gasteiger charge is 2.22. The molecule has 4 aliphatic heterocycles. The van der Waals surface area contributed by atoms with Crippen LogP contribution in [0.4, 0.5) is 0 Å². The number of rotatable bonds is 14. The van der Waals surface area contributed by atoms with Crippen molar-refractivity contribution in [1.29, 1.82) is 0 Å². The average molecular weight is 2080 g/mol. The van der Waals surface area contributed by atoms with Crippen molar-refractivity contribution >= 4 is 181 Å².